The Morgan fingerprint density at radius 2 is 1.52 bits per heavy atom. The van der Waals surface area contributed by atoms with Gasteiger partial charge in [0.1, 0.15) is 17.7 Å². The first-order valence-corrected chi connectivity index (χ1v) is 6.89. The van der Waals surface area contributed by atoms with Crippen molar-refractivity contribution in [1.82, 2.24) is 4.90 Å². The lowest BCUT2D eigenvalue weighted by Gasteiger charge is -2.24. The molecule has 1 aliphatic heterocycles. The van der Waals surface area contributed by atoms with Crippen molar-refractivity contribution in [1.29, 1.82) is 0 Å². The summed E-state index contributed by atoms with van der Waals surface area (Å²) in [5.41, 5.74) is 0.366. The molecule has 0 saturated carbocycles. The highest BCUT2D eigenvalue weighted by Crippen LogP contribution is 2.42. The van der Waals surface area contributed by atoms with Gasteiger partial charge in [-0.2, -0.15) is 13.2 Å². The third-order valence-electron chi connectivity index (χ3n) is 3.94. The van der Waals surface area contributed by atoms with Crippen LogP contribution in [0.2, 0.25) is 0 Å². The van der Waals surface area contributed by atoms with E-state index in [2.05, 4.69) is 0 Å². The fourth-order valence-corrected chi connectivity index (χ4v) is 2.76. The molecule has 0 aromatic heterocycles. The predicted molar refractivity (Wildman–Crippen MR) is 75.4 cm³/mol. The van der Waals surface area contributed by atoms with Gasteiger partial charge in [0.2, 0.25) is 0 Å². The third-order valence-corrected chi connectivity index (χ3v) is 3.94. The number of halogens is 3. The van der Waals surface area contributed by atoms with Crippen molar-refractivity contribution in [2.75, 3.05) is 0 Å². The number of fused-ring (bicyclic) bond motifs is 1. The number of hydrogen-bond acceptors (Lipinski definition) is 4. The molecule has 0 radical (unpaired) electrons. The van der Waals surface area contributed by atoms with Crippen molar-refractivity contribution in [2.45, 2.75) is 25.5 Å². The molecule has 3 rings (SSSR count). The first-order chi connectivity index (χ1) is 10.8. The Bertz CT molecular complexity index is 721. The van der Waals surface area contributed by atoms with E-state index in [1.165, 1.54) is 4.90 Å². The minimum absolute atomic E-state index is 0.289. The summed E-state index contributed by atoms with van der Waals surface area (Å²) >= 11 is 0. The van der Waals surface area contributed by atoms with Crippen LogP contribution in [0.1, 0.15) is 28.5 Å². The van der Waals surface area contributed by atoms with Crippen LogP contribution in [0.25, 0.3) is 0 Å². The monoisotopic (exact) mass is 325 g/mol. The molecule has 0 aliphatic carbocycles. The van der Waals surface area contributed by atoms with Gasteiger partial charge in [-0.15, -0.1) is 0 Å². The Morgan fingerprint density at radius 3 is 2.04 bits per heavy atom. The molecule has 4 nitrogen and oxygen atoms in total. The van der Waals surface area contributed by atoms with Crippen LogP contribution in [0.4, 0.5) is 13.2 Å². The van der Waals surface area contributed by atoms with Crippen LogP contribution in [0, 0.1) is 0 Å². The molecule has 2 aromatic rings. The van der Waals surface area contributed by atoms with Gasteiger partial charge in [0, 0.05) is 24.7 Å². The summed E-state index contributed by atoms with van der Waals surface area (Å²) in [5, 5.41) is 29.6. The Labute approximate surface area is 130 Å². The summed E-state index contributed by atoms with van der Waals surface area (Å²) < 4.78 is 38.6. The largest absolute Gasteiger partial charge is 0.507 e. The molecule has 1 unspecified atom stereocenters. The number of aliphatic hydroxyl groups is 1. The van der Waals surface area contributed by atoms with E-state index in [1.807, 2.05) is 24.3 Å². The van der Waals surface area contributed by atoms with Gasteiger partial charge in [-0.05, 0) is 17.2 Å². The van der Waals surface area contributed by atoms with Gasteiger partial charge >= 0.3 is 6.18 Å². The molecule has 1 atom stereocenters. The Morgan fingerprint density at radius 1 is 0.957 bits per heavy atom. The number of nitrogens with zero attached hydrogens (tertiary/aromatic N) is 1. The number of aromatic hydroxyl groups is 2. The van der Waals surface area contributed by atoms with Crippen molar-refractivity contribution in [2.24, 2.45) is 0 Å². The Balaban J connectivity index is 1.93. The van der Waals surface area contributed by atoms with Crippen LogP contribution in [-0.2, 0) is 19.3 Å². The van der Waals surface area contributed by atoms with E-state index < -0.39 is 29.5 Å². The molecule has 3 N–H and O–H groups in total. The van der Waals surface area contributed by atoms with Gasteiger partial charge in [0.05, 0.1) is 5.56 Å². The normalized spacial score (nSPS) is 16.3. The second-order valence-corrected chi connectivity index (χ2v) is 5.47. The van der Waals surface area contributed by atoms with Crippen LogP contribution in [0.15, 0.2) is 36.4 Å². The second kappa shape index (κ2) is 5.43. The van der Waals surface area contributed by atoms with E-state index in [4.69, 9.17) is 0 Å². The van der Waals surface area contributed by atoms with E-state index in [-0.39, 0.29) is 5.56 Å². The average molecular weight is 325 g/mol. The standard InChI is InChI=1S/C16H14F3NO3/c17-16(18,19)12-5-11(13(21)6-14(12)22)15(23)20-7-9-3-1-2-4-10(9)8-20/h1-6,15,21-23H,7-8H2. The lowest BCUT2D eigenvalue weighted by molar-refractivity contribution is -0.139. The topological polar surface area (TPSA) is 63.9 Å². The average Bonchev–Trinajstić information content (AvgIpc) is 2.89. The van der Waals surface area contributed by atoms with E-state index in [0.717, 1.165) is 11.1 Å². The van der Waals surface area contributed by atoms with Gasteiger partial charge in [0.15, 0.2) is 0 Å². The number of phenols is 2. The first kappa shape index (κ1) is 15.6. The quantitative estimate of drug-likeness (QED) is 0.794. The maximum Gasteiger partial charge on any atom is 0.419 e. The van der Waals surface area contributed by atoms with Gasteiger partial charge in [-0.3, -0.25) is 4.90 Å². The Kier molecular flexibility index (Phi) is 3.69. The highest BCUT2D eigenvalue weighted by molar-refractivity contribution is 5.47. The predicted octanol–water partition coefficient (Wildman–Crippen LogP) is 3.12. The molecular formula is C16H14F3NO3. The van der Waals surface area contributed by atoms with E-state index >= 15 is 0 Å². The van der Waals surface area contributed by atoms with Crippen molar-refractivity contribution < 1.29 is 28.5 Å². The van der Waals surface area contributed by atoms with Crippen molar-refractivity contribution in [3.8, 4) is 11.5 Å². The molecule has 0 saturated heterocycles. The maximum absolute atomic E-state index is 12.9. The van der Waals surface area contributed by atoms with E-state index in [1.54, 1.807) is 0 Å². The molecule has 0 amide bonds. The van der Waals surface area contributed by atoms with Crippen molar-refractivity contribution in [3.63, 3.8) is 0 Å². The first-order valence-electron chi connectivity index (χ1n) is 6.89. The van der Waals surface area contributed by atoms with Gasteiger partial charge in [-0.25, -0.2) is 0 Å². The zero-order valence-corrected chi connectivity index (χ0v) is 11.9. The van der Waals surface area contributed by atoms with Gasteiger partial charge in [0.25, 0.3) is 0 Å². The molecule has 0 fully saturated rings. The van der Waals surface area contributed by atoms with E-state index in [0.29, 0.717) is 25.2 Å². The summed E-state index contributed by atoms with van der Waals surface area (Å²) in [6.45, 7) is 0.720. The minimum atomic E-state index is -4.78. The smallest absolute Gasteiger partial charge is 0.419 e. The molecule has 23 heavy (non-hydrogen) atoms. The summed E-state index contributed by atoms with van der Waals surface area (Å²) in [6.07, 6.45) is -6.19. The molecule has 7 heteroatoms. The van der Waals surface area contributed by atoms with Gasteiger partial charge < -0.3 is 15.3 Å². The number of aliphatic hydroxyl groups excluding tert-OH is 1. The summed E-state index contributed by atoms with van der Waals surface area (Å²) in [7, 11) is 0. The van der Waals surface area contributed by atoms with Crippen LogP contribution in [0.5, 0.6) is 11.5 Å². The number of hydrogen-bond donors (Lipinski definition) is 3. The zero-order chi connectivity index (χ0) is 16.8. The van der Waals surface area contributed by atoms with Crippen molar-refractivity contribution >= 4 is 0 Å². The molecule has 2 aromatic carbocycles. The minimum Gasteiger partial charge on any atom is -0.507 e. The second-order valence-electron chi connectivity index (χ2n) is 5.47. The third kappa shape index (κ3) is 2.85. The van der Waals surface area contributed by atoms with Crippen LogP contribution >= 0.6 is 0 Å². The van der Waals surface area contributed by atoms with Crippen LogP contribution < -0.4 is 0 Å². The molecule has 122 valence electrons. The highest BCUT2D eigenvalue weighted by atomic mass is 19.4. The Hall–Kier alpha value is -2.25. The summed E-state index contributed by atoms with van der Waals surface area (Å²) in [6, 6.07) is 8.62. The number of rotatable bonds is 2. The summed E-state index contributed by atoms with van der Waals surface area (Å²) in [4.78, 5) is 1.54. The molecule has 0 bridgehead atoms. The molecule has 0 spiro atoms. The van der Waals surface area contributed by atoms with Crippen molar-refractivity contribution in [3.05, 3.63) is 58.7 Å². The lowest BCUT2D eigenvalue weighted by Crippen LogP contribution is -2.23. The molecular weight excluding hydrogens is 311 g/mol. The molecule has 1 heterocycles. The van der Waals surface area contributed by atoms with E-state index in [9.17, 15) is 28.5 Å². The number of benzene rings is 2. The lowest BCUT2D eigenvalue weighted by atomic mass is 10.1. The highest BCUT2D eigenvalue weighted by Gasteiger charge is 2.36. The zero-order valence-electron chi connectivity index (χ0n) is 11.9. The summed E-state index contributed by atoms with van der Waals surface area (Å²) in [5.74, 6) is -1.66. The fourth-order valence-electron chi connectivity index (χ4n) is 2.76. The number of alkyl halides is 3. The van der Waals surface area contributed by atoms with Crippen LogP contribution in [-0.4, -0.2) is 20.2 Å². The molecule has 1 aliphatic rings. The van der Waals surface area contributed by atoms with Crippen LogP contribution in [0.3, 0.4) is 0 Å². The fraction of sp³-hybridized carbons (Fsp3) is 0.250. The maximum atomic E-state index is 12.9. The number of phenolic OH excluding ortho intramolecular Hbond substituents is 2. The van der Waals surface area contributed by atoms with Gasteiger partial charge in [-0.1, -0.05) is 24.3 Å². The SMILES string of the molecule is Oc1cc(O)c(C(F)(F)F)cc1C(O)N1Cc2ccccc2C1.